The zero-order valence-corrected chi connectivity index (χ0v) is 19.7. The summed E-state index contributed by atoms with van der Waals surface area (Å²) in [5, 5.41) is 0. The summed E-state index contributed by atoms with van der Waals surface area (Å²) in [6, 6.07) is 8.15. The number of nitrogens with zero attached hydrogens (tertiary/aromatic N) is 3. The molecule has 186 valence electrons. The summed E-state index contributed by atoms with van der Waals surface area (Å²) < 4.78 is 98.5. The van der Waals surface area contributed by atoms with Crippen molar-refractivity contribution in [2.24, 2.45) is 0 Å². The van der Waals surface area contributed by atoms with Gasteiger partial charge in [-0.3, -0.25) is 4.57 Å². The molecule has 0 saturated carbocycles. The van der Waals surface area contributed by atoms with Gasteiger partial charge in [0, 0.05) is 13.1 Å². The molecular weight excluding hydrogens is 479 g/mol. The Labute approximate surface area is 194 Å². The fourth-order valence-electron chi connectivity index (χ4n) is 5.03. The fraction of sp³-hybridized carbons (Fsp3) is 0.478. The highest BCUT2D eigenvalue weighted by Gasteiger charge is 2.55. The van der Waals surface area contributed by atoms with Gasteiger partial charge in [-0.05, 0) is 62.3 Å². The van der Waals surface area contributed by atoms with E-state index in [-0.39, 0.29) is 0 Å². The number of alkyl halides is 6. The van der Waals surface area contributed by atoms with Crippen molar-refractivity contribution in [3.63, 3.8) is 0 Å². The average Bonchev–Trinajstić information content (AvgIpc) is 3.00. The van der Waals surface area contributed by atoms with Gasteiger partial charge in [0.25, 0.3) is 7.59 Å². The van der Waals surface area contributed by atoms with Crippen molar-refractivity contribution in [3.8, 4) is 0 Å². The lowest BCUT2D eigenvalue weighted by atomic mass is 9.92. The predicted octanol–water partition coefficient (Wildman–Crippen LogP) is 6.98. The Bertz CT molecular complexity index is 975. The highest BCUT2D eigenvalue weighted by Crippen LogP contribution is 2.69. The number of halogens is 6. The molecule has 2 aromatic carbocycles. The van der Waals surface area contributed by atoms with Crippen LogP contribution >= 0.6 is 7.59 Å². The third-order valence-electron chi connectivity index (χ3n) is 6.79. The van der Waals surface area contributed by atoms with Crippen molar-refractivity contribution >= 4 is 7.59 Å². The lowest BCUT2D eigenvalue weighted by Gasteiger charge is -2.39. The number of hydrogen-bond donors (Lipinski definition) is 0. The van der Waals surface area contributed by atoms with Gasteiger partial charge >= 0.3 is 12.4 Å². The second-order valence-corrected chi connectivity index (χ2v) is 11.7. The molecule has 4 rings (SSSR count). The van der Waals surface area contributed by atoms with Crippen molar-refractivity contribution in [1.29, 1.82) is 0 Å². The Kier molecular flexibility index (Phi) is 6.66. The van der Waals surface area contributed by atoms with Gasteiger partial charge in [0.05, 0.1) is 23.2 Å². The van der Waals surface area contributed by atoms with Gasteiger partial charge < -0.3 is 0 Å². The van der Waals surface area contributed by atoms with Crippen LogP contribution in [0.2, 0.25) is 0 Å². The molecular formula is C23H26F6N3OP. The van der Waals surface area contributed by atoms with Gasteiger partial charge in [-0.25, -0.2) is 14.0 Å². The lowest BCUT2D eigenvalue weighted by molar-refractivity contribution is -0.138. The molecule has 2 atom stereocenters. The maximum Gasteiger partial charge on any atom is 0.416 e. The zero-order valence-electron chi connectivity index (χ0n) is 18.8. The van der Waals surface area contributed by atoms with Gasteiger partial charge in [0.1, 0.15) is 0 Å². The first-order valence-corrected chi connectivity index (χ1v) is 12.6. The SMILES string of the molecule is CN1[C@H](c2ccc(C(F)(F)F)cc2)[C@@H](c2ccc(C(F)(F)F)cc2)N(C)P1(=O)N1CCCCC1. The van der Waals surface area contributed by atoms with Crippen molar-refractivity contribution in [3.05, 3.63) is 70.8 Å². The molecule has 4 nitrogen and oxygen atoms in total. The van der Waals surface area contributed by atoms with E-state index in [1.54, 1.807) is 23.4 Å². The van der Waals surface area contributed by atoms with Crippen LogP contribution < -0.4 is 0 Å². The van der Waals surface area contributed by atoms with Crippen LogP contribution in [0.4, 0.5) is 26.3 Å². The Morgan fingerprint density at radius 1 is 0.676 bits per heavy atom. The minimum Gasteiger partial charge on any atom is -0.270 e. The molecule has 11 heteroatoms. The molecule has 0 amide bonds. The fourth-order valence-corrected chi connectivity index (χ4v) is 8.24. The zero-order chi connectivity index (χ0) is 24.9. The molecule has 2 heterocycles. The summed E-state index contributed by atoms with van der Waals surface area (Å²) in [4.78, 5) is 0. The molecule has 0 bridgehead atoms. The molecule has 34 heavy (non-hydrogen) atoms. The van der Waals surface area contributed by atoms with Crippen molar-refractivity contribution in [2.75, 3.05) is 27.2 Å². The smallest absolute Gasteiger partial charge is 0.270 e. The Balaban J connectivity index is 1.79. The predicted molar refractivity (Wildman–Crippen MR) is 117 cm³/mol. The Morgan fingerprint density at radius 2 is 1.03 bits per heavy atom. The van der Waals surface area contributed by atoms with Gasteiger partial charge in [0.15, 0.2) is 0 Å². The molecule has 2 aliphatic rings. The van der Waals surface area contributed by atoms with E-state index in [2.05, 4.69) is 0 Å². The monoisotopic (exact) mass is 505 g/mol. The quantitative estimate of drug-likeness (QED) is 0.332. The molecule has 0 N–H and O–H groups in total. The maximum atomic E-state index is 14.5. The number of likely N-dealkylation sites (N-methyl/N-ethyl adjacent to an activating group) is 2. The van der Waals surface area contributed by atoms with E-state index in [1.165, 1.54) is 24.3 Å². The van der Waals surface area contributed by atoms with Crippen LogP contribution in [0, 0.1) is 0 Å². The summed E-state index contributed by atoms with van der Waals surface area (Å²) in [6.45, 7) is 1.23. The molecule has 0 radical (unpaired) electrons. The molecule has 2 saturated heterocycles. The van der Waals surface area contributed by atoms with Crippen LogP contribution in [0.1, 0.15) is 53.6 Å². The Hall–Kier alpha value is -1.87. The summed E-state index contributed by atoms with van der Waals surface area (Å²) in [5.41, 5.74) is -0.560. The molecule has 2 aliphatic heterocycles. The van der Waals surface area contributed by atoms with E-state index in [0.717, 1.165) is 43.5 Å². The van der Waals surface area contributed by atoms with Crippen molar-refractivity contribution in [2.45, 2.75) is 43.7 Å². The minimum atomic E-state index is -4.49. The van der Waals surface area contributed by atoms with E-state index in [9.17, 15) is 30.9 Å². The Morgan fingerprint density at radius 3 is 1.35 bits per heavy atom. The third kappa shape index (κ3) is 4.41. The van der Waals surface area contributed by atoms with Gasteiger partial charge in [-0.15, -0.1) is 0 Å². The average molecular weight is 505 g/mol. The first-order valence-electron chi connectivity index (χ1n) is 11.0. The molecule has 0 aromatic heterocycles. The van der Waals surface area contributed by atoms with E-state index in [1.807, 2.05) is 4.67 Å². The van der Waals surface area contributed by atoms with Crippen LogP contribution in [0.15, 0.2) is 48.5 Å². The second-order valence-electron chi connectivity index (χ2n) is 8.80. The largest absolute Gasteiger partial charge is 0.416 e. The van der Waals surface area contributed by atoms with Gasteiger partial charge in [0.2, 0.25) is 0 Å². The number of hydrogen-bond acceptors (Lipinski definition) is 1. The summed E-state index contributed by atoms with van der Waals surface area (Å²) in [6.07, 6.45) is -6.21. The first kappa shape index (κ1) is 25.2. The van der Waals surface area contributed by atoms with E-state index < -0.39 is 43.2 Å². The maximum absolute atomic E-state index is 14.5. The lowest BCUT2D eigenvalue weighted by Crippen LogP contribution is -2.35. The normalized spacial score (nSPS) is 25.1. The standard InChI is InChI=1S/C23H26F6N3OP/c1-30-20(16-6-10-18(11-7-16)22(24,25)26)21(17-8-12-19(13-9-17)23(27,28)29)31(2)34(30,33)32-14-4-3-5-15-32/h6-13,20-21H,3-5,14-15H2,1-2H3/t20-,21-/m1/s1. The molecule has 2 aromatic rings. The minimum absolute atomic E-state index is 0.516. The molecule has 0 unspecified atom stereocenters. The summed E-state index contributed by atoms with van der Waals surface area (Å²) in [7, 11) is 0.0538. The van der Waals surface area contributed by atoms with Gasteiger partial charge in [-0.2, -0.15) is 26.3 Å². The third-order valence-corrected chi connectivity index (χ3v) is 10.1. The molecule has 0 spiro atoms. The van der Waals surface area contributed by atoms with Crippen LogP contribution in [0.25, 0.3) is 0 Å². The first-order chi connectivity index (χ1) is 15.8. The van der Waals surface area contributed by atoms with Crippen molar-refractivity contribution in [1.82, 2.24) is 14.0 Å². The summed E-state index contributed by atoms with van der Waals surface area (Å²) >= 11 is 0. The van der Waals surface area contributed by atoms with Crippen LogP contribution in [0.5, 0.6) is 0 Å². The van der Waals surface area contributed by atoms with Crippen LogP contribution in [-0.4, -0.2) is 41.2 Å². The summed E-state index contributed by atoms with van der Waals surface area (Å²) in [5.74, 6) is 0. The number of benzene rings is 2. The van der Waals surface area contributed by atoms with Gasteiger partial charge in [-0.1, -0.05) is 30.7 Å². The highest BCUT2D eigenvalue weighted by molar-refractivity contribution is 7.56. The van der Waals surface area contributed by atoms with Crippen LogP contribution in [0.3, 0.4) is 0 Å². The topological polar surface area (TPSA) is 26.8 Å². The molecule has 2 fully saturated rings. The van der Waals surface area contributed by atoms with Crippen LogP contribution in [-0.2, 0) is 16.9 Å². The van der Waals surface area contributed by atoms with Crippen molar-refractivity contribution < 1.29 is 30.9 Å². The second kappa shape index (κ2) is 8.97. The van der Waals surface area contributed by atoms with E-state index >= 15 is 0 Å². The number of rotatable bonds is 3. The van der Waals surface area contributed by atoms with E-state index in [4.69, 9.17) is 0 Å². The highest BCUT2D eigenvalue weighted by atomic mass is 31.2. The molecule has 0 aliphatic carbocycles. The van der Waals surface area contributed by atoms with E-state index in [0.29, 0.717) is 24.2 Å². The number of piperidine rings is 1.